The fourth-order valence-corrected chi connectivity index (χ4v) is 4.12. The predicted molar refractivity (Wildman–Crippen MR) is 87.4 cm³/mol. The second kappa shape index (κ2) is 7.01. The summed E-state index contributed by atoms with van der Waals surface area (Å²) in [5.74, 6) is 0.779. The van der Waals surface area contributed by atoms with Crippen LogP contribution < -0.4 is 5.32 Å². The van der Waals surface area contributed by atoms with E-state index in [0.717, 1.165) is 5.92 Å². The molecule has 0 spiro atoms. The largest absolute Gasteiger partial charge is 0.307 e. The smallest absolute Gasteiger partial charge is 0.0900 e. The van der Waals surface area contributed by atoms with Gasteiger partial charge in [-0.2, -0.15) is 0 Å². The van der Waals surface area contributed by atoms with Gasteiger partial charge in [-0.1, -0.05) is 13.8 Å². The highest BCUT2D eigenvalue weighted by Gasteiger charge is 2.22. The summed E-state index contributed by atoms with van der Waals surface area (Å²) in [4.78, 5) is 8.56. The first kappa shape index (κ1) is 15.9. The molecule has 0 aliphatic carbocycles. The van der Waals surface area contributed by atoms with Crippen molar-refractivity contribution >= 4 is 11.3 Å². The second-order valence-corrected chi connectivity index (χ2v) is 7.77. The average molecular weight is 295 g/mol. The van der Waals surface area contributed by atoms with Crippen molar-refractivity contribution in [2.75, 3.05) is 19.6 Å². The van der Waals surface area contributed by atoms with Crippen LogP contribution in [0.1, 0.15) is 55.2 Å². The summed E-state index contributed by atoms with van der Waals surface area (Å²) >= 11 is 1.84. The third-order valence-corrected chi connectivity index (χ3v) is 5.28. The predicted octanol–water partition coefficient (Wildman–Crippen LogP) is 3.53. The zero-order valence-electron chi connectivity index (χ0n) is 13.6. The molecule has 1 aromatic heterocycles. The quantitative estimate of drug-likeness (QED) is 0.900. The van der Waals surface area contributed by atoms with Crippen LogP contribution in [0, 0.1) is 19.8 Å². The number of nitrogens with one attached hydrogen (secondary N) is 1. The monoisotopic (exact) mass is 295 g/mol. The van der Waals surface area contributed by atoms with Crippen LogP contribution in [0.15, 0.2) is 0 Å². The Morgan fingerprint density at radius 3 is 2.40 bits per heavy atom. The maximum atomic E-state index is 4.54. The molecule has 1 atom stereocenters. The molecule has 114 valence electrons. The Morgan fingerprint density at radius 1 is 1.25 bits per heavy atom. The number of hydrogen-bond acceptors (Lipinski definition) is 4. The van der Waals surface area contributed by atoms with Gasteiger partial charge in [0, 0.05) is 23.5 Å². The van der Waals surface area contributed by atoms with Crippen LogP contribution >= 0.6 is 11.3 Å². The summed E-state index contributed by atoms with van der Waals surface area (Å²) in [6.07, 6.45) is 2.54. The molecule has 0 radical (unpaired) electrons. The van der Waals surface area contributed by atoms with E-state index in [2.05, 4.69) is 49.8 Å². The van der Waals surface area contributed by atoms with Gasteiger partial charge in [0.2, 0.25) is 0 Å². The number of aromatic nitrogens is 1. The van der Waals surface area contributed by atoms with Gasteiger partial charge in [0.25, 0.3) is 0 Å². The molecule has 1 N–H and O–H groups in total. The molecule has 0 saturated carbocycles. The van der Waals surface area contributed by atoms with Gasteiger partial charge in [0.05, 0.1) is 10.7 Å². The summed E-state index contributed by atoms with van der Waals surface area (Å²) in [6, 6.07) is 1.10. The minimum absolute atomic E-state index is 0.433. The highest BCUT2D eigenvalue weighted by molar-refractivity contribution is 7.11. The Labute approximate surface area is 127 Å². The maximum Gasteiger partial charge on any atom is 0.0900 e. The molecule has 2 rings (SSSR count). The first-order chi connectivity index (χ1) is 9.45. The zero-order valence-corrected chi connectivity index (χ0v) is 14.4. The van der Waals surface area contributed by atoms with E-state index in [0.29, 0.717) is 12.1 Å². The van der Waals surface area contributed by atoms with Crippen LogP contribution in [0.5, 0.6) is 0 Å². The lowest BCUT2D eigenvalue weighted by Crippen LogP contribution is -2.44. The van der Waals surface area contributed by atoms with E-state index in [-0.39, 0.29) is 0 Å². The molecule has 0 amide bonds. The molecule has 1 unspecified atom stereocenters. The van der Waals surface area contributed by atoms with E-state index in [1.54, 1.807) is 0 Å². The molecule has 1 aromatic rings. The Morgan fingerprint density at radius 2 is 1.90 bits per heavy atom. The molecule has 2 heterocycles. The first-order valence-corrected chi connectivity index (χ1v) is 8.69. The summed E-state index contributed by atoms with van der Waals surface area (Å²) < 4.78 is 0. The fourth-order valence-electron chi connectivity index (χ4n) is 3.18. The lowest BCUT2D eigenvalue weighted by atomic mass is 10.0. The average Bonchev–Trinajstić information content (AvgIpc) is 2.70. The van der Waals surface area contributed by atoms with Gasteiger partial charge in [-0.05, 0) is 52.6 Å². The zero-order chi connectivity index (χ0) is 14.7. The van der Waals surface area contributed by atoms with Crippen molar-refractivity contribution in [2.24, 2.45) is 5.92 Å². The number of thiazole rings is 1. The van der Waals surface area contributed by atoms with E-state index in [1.807, 2.05) is 11.3 Å². The van der Waals surface area contributed by atoms with Crippen LogP contribution in [-0.2, 0) is 0 Å². The molecule has 0 aromatic carbocycles. The van der Waals surface area contributed by atoms with Gasteiger partial charge < -0.3 is 10.2 Å². The summed E-state index contributed by atoms with van der Waals surface area (Å²) in [6.45, 7) is 14.8. The van der Waals surface area contributed by atoms with Crippen molar-refractivity contribution in [3.63, 3.8) is 0 Å². The lowest BCUT2D eigenvalue weighted by Gasteiger charge is -2.34. The van der Waals surface area contributed by atoms with Crippen LogP contribution in [0.4, 0.5) is 0 Å². The Bertz CT molecular complexity index is 419. The van der Waals surface area contributed by atoms with Crippen LogP contribution in [0.3, 0.4) is 0 Å². The van der Waals surface area contributed by atoms with Crippen molar-refractivity contribution < 1.29 is 0 Å². The highest BCUT2D eigenvalue weighted by atomic mass is 32.1. The molecular formula is C16H29N3S. The van der Waals surface area contributed by atoms with Crippen molar-refractivity contribution in [2.45, 2.75) is 59.5 Å². The van der Waals surface area contributed by atoms with Crippen LogP contribution in [-0.4, -0.2) is 35.6 Å². The van der Waals surface area contributed by atoms with Gasteiger partial charge in [0.1, 0.15) is 0 Å². The van der Waals surface area contributed by atoms with E-state index >= 15 is 0 Å². The molecule has 1 aliphatic rings. The van der Waals surface area contributed by atoms with Crippen molar-refractivity contribution in [3.8, 4) is 0 Å². The van der Waals surface area contributed by atoms with Gasteiger partial charge >= 0.3 is 0 Å². The number of likely N-dealkylation sites (tertiary alicyclic amines) is 1. The van der Waals surface area contributed by atoms with Gasteiger partial charge in [-0.3, -0.25) is 0 Å². The Hall–Kier alpha value is -0.450. The van der Waals surface area contributed by atoms with E-state index in [9.17, 15) is 0 Å². The molecule has 1 saturated heterocycles. The van der Waals surface area contributed by atoms with Crippen LogP contribution in [0.25, 0.3) is 0 Å². The molecule has 1 aliphatic heterocycles. The third-order valence-electron chi connectivity index (χ3n) is 4.03. The molecular weight excluding hydrogens is 266 g/mol. The van der Waals surface area contributed by atoms with E-state index < -0.39 is 0 Å². The van der Waals surface area contributed by atoms with Gasteiger partial charge in [-0.15, -0.1) is 11.3 Å². The number of nitrogens with zero attached hydrogens (tertiary/aromatic N) is 2. The van der Waals surface area contributed by atoms with Crippen molar-refractivity contribution in [1.82, 2.24) is 15.2 Å². The third kappa shape index (κ3) is 4.27. The maximum absolute atomic E-state index is 4.54. The summed E-state index contributed by atoms with van der Waals surface area (Å²) in [5, 5.41) is 4.99. The van der Waals surface area contributed by atoms with Crippen molar-refractivity contribution in [1.29, 1.82) is 0 Å². The summed E-state index contributed by atoms with van der Waals surface area (Å²) in [7, 11) is 0. The molecule has 3 nitrogen and oxygen atoms in total. The molecule has 0 bridgehead atoms. The molecule has 1 fully saturated rings. The SMILES string of the molecule is Cc1nc(C)c(C(C)NC2CCN(CC(C)C)CC2)s1. The number of aryl methyl sites for hydroxylation is 2. The topological polar surface area (TPSA) is 28.2 Å². The number of hydrogen-bond donors (Lipinski definition) is 1. The number of piperidine rings is 1. The van der Waals surface area contributed by atoms with Gasteiger partial charge in [0.15, 0.2) is 0 Å². The van der Waals surface area contributed by atoms with Gasteiger partial charge in [-0.25, -0.2) is 4.98 Å². The standard InChI is InChI=1S/C16H29N3S/c1-11(2)10-19-8-6-15(7-9-19)18-13(4)16-12(3)17-14(5)20-16/h11,13,15,18H,6-10H2,1-5H3. The van der Waals surface area contributed by atoms with Crippen molar-refractivity contribution in [3.05, 3.63) is 15.6 Å². The molecule has 20 heavy (non-hydrogen) atoms. The fraction of sp³-hybridized carbons (Fsp3) is 0.812. The van der Waals surface area contributed by atoms with E-state index in [4.69, 9.17) is 0 Å². The highest BCUT2D eigenvalue weighted by Crippen LogP contribution is 2.26. The Balaban J connectivity index is 1.82. The minimum atomic E-state index is 0.433. The van der Waals surface area contributed by atoms with Crippen LogP contribution in [0.2, 0.25) is 0 Å². The lowest BCUT2D eigenvalue weighted by molar-refractivity contribution is 0.175. The summed E-state index contributed by atoms with van der Waals surface area (Å²) in [5.41, 5.74) is 1.20. The normalized spacial score (nSPS) is 19.7. The number of rotatable bonds is 5. The van der Waals surface area contributed by atoms with E-state index in [1.165, 1.54) is 48.1 Å². The first-order valence-electron chi connectivity index (χ1n) is 7.88. The second-order valence-electron chi connectivity index (χ2n) is 6.54. The molecule has 4 heteroatoms. The Kier molecular flexibility index (Phi) is 5.58. The minimum Gasteiger partial charge on any atom is -0.307 e.